The van der Waals surface area contributed by atoms with E-state index in [1.54, 1.807) is 0 Å². The quantitative estimate of drug-likeness (QED) is 0.512. The molecule has 2 bridgehead atoms. The van der Waals surface area contributed by atoms with Gasteiger partial charge in [0.1, 0.15) is 0 Å². The normalized spacial score (nSPS) is 21.2. The molecule has 2 aromatic rings. The monoisotopic (exact) mass is 591 g/mol. The van der Waals surface area contributed by atoms with Gasteiger partial charge in [0.25, 0.3) is 0 Å². The maximum Gasteiger partial charge on any atom is 0.238 e. The van der Waals surface area contributed by atoms with E-state index in [2.05, 4.69) is 29.3 Å². The summed E-state index contributed by atoms with van der Waals surface area (Å²) < 4.78 is 0. The Morgan fingerprint density at radius 3 is 2.54 bits per heavy atom. The summed E-state index contributed by atoms with van der Waals surface area (Å²) in [5, 5.41) is 4.14. The molecule has 133 valence electrons. The summed E-state index contributed by atoms with van der Waals surface area (Å²) in [5.74, 6) is 0.189. The van der Waals surface area contributed by atoms with E-state index in [9.17, 15) is 4.79 Å². The number of carbonyl (C=O) groups excluding carboxylic acids is 1. The van der Waals surface area contributed by atoms with Gasteiger partial charge in [-0.25, -0.2) is 22.2 Å². The predicted molar refractivity (Wildman–Crippen MR) is 94.0 cm³/mol. The van der Waals surface area contributed by atoms with Gasteiger partial charge in [-0.15, -0.1) is 19.1 Å². The van der Waals surface area contributed by atoms with Gasteiger partial charge in [-0.05, 0) is 19.3 Å². The Kier molecular flexibility index (Phi) is 7.80. The summed E-state index contributed by atoms with van der Waals surface area (Å²) in [5.41, 5.74) is 4.08. The Morgan fingerprint density at radius 1 is 1.19 bits per heavy atom. The van der Waals surface area contributed by atoms with Crippen LogP contribution in [0.15, 0.2) is 36.4 Å². The Hall–Kier alpha value is -0.338. The first-order valence-corrected chi connectivity index (χ1v) is 8.67. The number of benzene rings is 2. The first kappa shape index (κ1) is 22.0. The minimum atomic E-state index is 0. The predicted octanol–water partition coefficient (Wildman–Crippen LogP) is 3.41. The van der Waals surface area contributed by atoms with Crippen molar-refractivity contribution < 1.29 is 58.6 Å². The van der Waals surface area contributed by atoms with Crippen molar-refractivity contribution >= 4 is 5.91 Å². The van der Waals surface area contributed by atoms with Crippen LogP contribution in [0.25, 0.3) is 11.1 Å². The van der Waals surface area contributed by atoms with Gasteiger partial charge in [-0.3, -0.25) is 27.5 Å². The third-order valence-corrected chi connectivity index (χ3v) is 5.42. The molecule has 2 unspecified atom stereocenters. The van der Waals surface area contributed by atoms with Gasteiger partial charge < -0.3 is 0 Å². The second-order valence-corrected chi connectivity index (χ2v) is 6.93. The van der Waals surface area contributed by atoms with E-state index in [0.29, 0.717) is 18.5 Å². The molecule has 5 heteroatoms. The van der Waals surface area contributed by atoms with Gasteiger partial charge in [-0.1, -0.05) is 18.2 Å². The number of hydrazine groups is 1. The minimum Gasteiger partial charge on any atom is -0.286 e. The molecule has 2 fully saturated rings. The third kappa shape index (κ3) is 4.22. The molecule has 2 atom stereocenters. The van der Waals surface area contributed by atoms with Crippen LogP contribution in [0, 0.1) is 19.1 Å². The summed E-state index contributed by atoms with van der Waals surface area (Å²) in [6.07, 6.45) is 3.90. The van der Waals surface area contributed by atoms with Crippen LogP contribution >= 0.6 is 0 Å². The smallest absolute Gasteiger partial charge is 0.238 e. The number of rotatable bonds is 3. The number of hydrogen-bond donors (Lipinski definition) is 0. The number of hydrogen-bond acceptors (Lipinski definition) is 2. The first-order chi connectivity index (χ1) is 11.6. The van der Waals surface area contributed by atoms with Gasteiger partial charge in [0.2, 0.25) is 5.91 Å². The number of carbonyl (C=O) groups is 1. The minimum absolute atomic E-state index is 0. The number of amides is 1. The van der Waals surface area contributed by atoms with E-state index in [4.69, 9.17) is 0 Å². The van der Waals surface area contributed by atoms with Crippen molar-refractivity contribution in [1.29, 1.82) is 0 Å². The molecule has 4 rings (SSSR count). The molecule has 1 radical (unpaired) electrons. The molecule has 2 aromatic carbocycles. The molecule has 1 saturated carbocycles. The largest absolute Gasteiger partial charge is 0.286 e. The molecule has 3 nitrogen and oxygen atoms in total. The molecule has 1 amide bonds. The molecule has 1 aliphatic heterocycles. The van der Waals surface area contributed by atoms with Crippen LogP contribution in [0.5, 0.6) is 0 Å². The molecule has 26 heavy (non-hydrogen) atoms. The fourth-order valence-electron chi connectivity index (χ4n) is 4.04. The Bertz CT molecular complexity index is 766. The van der Waals surface area contributed by atoms with Crippen LogP contribution in [-0.4, -0.2) is 35.1 Å². The molecular formula is C21H22N2OWY-2. The molecule has 0 spiro atoms. The van der Waals surface area contributed by atoms with Gasteiger partial charge in [0.15, 0.2) is 0 Å². The average Bonchev–Trinajstić information content (AvgIpc) is 3.18. The third-order valence-electron chi connectivity index (χ3n) is 5.42. The van der Waals surface area contributed by atoms with Crippen molar-refractivity contribution in [3.8, 4) is 11.1 Å². The van der Waals surface area contributed by atoms with E-state index >= 15 is 0 Å². The fourth-order valence-corrected chi connectivity index (χ4v) is 4.04. The van der Waals surface area contributed by atoms with Crippen molar-refractivity contribution in [1.82, 2.24) is 10.0 Å². The van der Waals surface area contributed by atoms with Crippen molar-refractivity contribution in [2.24, 2.45) is 0 Å². The van der Waals surface area contributed by atoms with Crippen LogP contribution in [-0.2, 0) is 65.0 Å². The summed E-state index contributed by atoms with van der Waals surface area (Å²) in [6, 6.07) is 19.8. The van der Waals surface area contributed by atoms with Crippen LogP contribution in [0.2, 0.25) is 0 Å². The van der Waals surface area contributed by atoms with Gasteiger partial charge in [0, 0.05) is 73.3 Å². The van der Waals surface area contributed by atoms with Crippen LogP contribution in [0.3, 0.4) is 0 Å². The second kappa shape index (κ2) is 9.24. The van der Waals surface area contributed by atoms with Crippen LogP contribution in [0.1, 0.15) is 30.4 Å². The molecule has 2 aliphatic rings. The zero-order valence-corrected chi connectivity index (χ0v) is 21.0. The van der Waals surface area contributed by atoms with E-state index in [1.165, 1.54) is 6.42 Å². The average molecular weight is 591 g/mol. The van der Waals surface area contributed by atoms with Gasteiger partial charge in [-0.2, -0.15) is 5.56 Å². The Balaban J connectivity index is 0.00000121. The molecular weight excluding hydrogens is 569 g/mol. The number of aryl methyl sites for hydroxylation is 1. The van der Waals surface area contributed by atoms with E-state index in [0.717, 1.165) is 35.1 Å². The topological polar surface area (TPSA) is 23.6 Å². The SMILES string of the molecule is Cc1c[c-]c(-c2ccccc2)[c-]c1CC(=O)N1C2CCC(C2)N1C.[W].[Y]. The zero-order chi connectivity index (χ0) is 16.7. The molecule has 1 aliphatic carbocycles. The molecule has 1 heterocycles. The number of fused-ring (bicyclic) bond motifs is 2. The van der Waals surface area contributed by atoms with Gasteiger partial charge >= 0.3 is 0 Å². The van der Waals surface area contributed by atoms with Crippen molar-refractivity contribution in [3.05, 3.63) is 59.7 Å². The van der Waals surface area contributed by atoms with Gasteiger partial charge in [0.05, 0.1) is 6.04 Å². The number of nitrogens with zero attached hydrogens (tertiary/aromatic N) is 2. The Morgan fingerprint density at radius 2 is 1.88 bits per heavy atom. The van der Waals surface area contributed by atoms with Crippen molar-refractivity contribution in [3.63, 3.8) is 0 Å². The summed E-state index contributed by atoms with van der Waals surface area (Å²) in [4.78, 5) is 12.9. The standard InChI is InChI=1S/C21H22N2O.W.Y/c1-15-8-9-17(16-6-4-3-5-7-16)12-18(15)13-21(24)23-20-11-10-19(14-20)22(23)2;;/h3-8,19-20H,10-11,13-14H2,1-2H3;;/q-2;;. The van der Waals surface area contributed by atoms with E-state index < -0.39 is 0 Å². The Labute approximate surface area is 195 Å². The van der Waals surface area contributed by atoms with E-state index in [1.807, 2.05) is 43.2 Å². The molecule has 1 saturated heterocycles. The summed E-state index contributed by atoms with van der Waals surface area (Å²) in [7, 11) is 2.05. The van der Waals surface area contributed by atoms with Crippen molar-refractivity contribution in [2.75, 3.05) is 7.05 Å². The fraction of sp³-hybridized carbons (Fsp3) is 0.381. The zero-order valence-electron chi connectivity index (χ0n) is 15.2. The maximum atomic E-state index is 12.9. The first-order valence-electron chi connectivity index (χ1n) is 8.67. The van der Waals surface area contributed by atoms with Crippen LogP contribution in [0.4, 0.5) is 0 Å². The van der Waals surface area contributed by atoms with Crippen LogP contribution < -0.4 is 0 Å². The molecule has 0 aromatic heterocycles. The van der Waals surface area contributed by atoms with E-state index in [-0.39, 0.29) is 59.7 Å². The summed E-state index contributed by atoms with van der Waals surface area (Å²) >= 11 is 0. The second-order valence-electron chi connectivity index (χ2n) is 6.93. The maximum absolute atomic E-state index is 12.9. The molecule has 0 N–H and O–H groups in total. The summed E-state index contributed by atoms with van der Waals surface area (Å²) in [6.45, 7) is 2.03. The van der Waals surface area contributed by atoms with Crippen molar-refractivity contribution in [2.45, 2.75) is 44.7 Å².